The maximum Gasteiger partial charge on any atom is 0.239 e. The number of carbonyl (C=O) groups is 1. The van der Waals surface area contributed by atoms with E-state index in [1.165, 1.54) is 12.1 Å². The Hall–Kier alpha value is -3.03. The fourth-order valence-corrected chi connectivity index (χ4v) is 5.60. The molecule has 6 nitrogen and oxygen atoms in total. The van der Waals surface area contributed by atoms with E-state index in [4.69, 9.17) is 16.6 Å². The fraction of sp³-hybridized carbons (Fsp3) is 0.414. The number of amides is 1. The molecule has 2 fully saturated rings. The third kappa shape index (κ3) is 6.28. The van der Waals surface area contributed by atoms with Gasteiger partial charge in [0.15, 0.2) is 0 Å². The van der Waals surface area contributed by atoms with Gasteiger partial charge in [-0.05, 0) is 87.5 Å². The number of hydrogen-bond donors (Lipinski definition) is 1. The number of nitrogens with one attached hydrogen (secondary N) is 1. The van der Waals surface area contributed by atoms with Crippen LogP contribution >= 0.6 is 11.6 Å². The number of nitrogens with zero attached hydrogens (tertiary/aromatic N) is 4. The topological polar surface area (TPSA) is 61.4 Å². The van der Waals surface area contributed by atoms with Gasteiger partial charge in [0.2, 0.25) is 5.91 Å². The van der Waals surface area contributed by atoms with Crippen molar-refractivity contribution in [3.8, 4) is 11.3 Å². The lowest BCUT2D eigenvalue weighted by Crippen LogP contribution is -2.47. The number of benzene rings is 1. The molecule has 0 bridgehead atoms. The molecule has 1 N–H and O–H groups in total. The molecule has 5 rings (SSSR count). The number of halogens is 2. The second kappa shape index (κ2) is 11.6. The number of aromatic nitrogens is 2. The molecule has 0 saturated carbocycles. The minimum Gasteiger partial charge on any atom is -0.366 e. The number of likely N-dealkylation sites (N-methyl/N-ethyl adjacent to an activating group) is 1. The Morgan fingerprint density at radius 1 is 1.11 bits per heavy atom. The van der Waals surface area contributed by atoms with E-state index in [1.807, 2.05) is 30.3 Å². The molecule has 1 amide bonds. The molecule has 37 heavy (non-hydrogen) atoms. The summed E-state index contributed by atoms with van der Waals surface area (Å²) in [5, 5.41) is 3.82. The number of anilines is 1. The second-order valence-corrected chi connectivity index (χ2v) is 10.6. The molecule has 0 aliphatic carbocycles. The van der Waals surface area contributed by atoms with Crippen LogP contribution in [0.1, 0.15) is 36.9 Å². The molecular weight excluding hydrogens is 489 g/mol. The van der Waals surface area contributed by atoms with Gasteiger partial charge in [-0.1, -0.05) is 29.8 Å². The molecule has 1 atom stereocenters. The fourth-order valence-electron chi connectivity index (χ4n) is 5.40. The largest absolute Gasteiger partial charge is 0.366 e. The molecule has 2 aliphatic rings. The number of piperidine rings is 1. The van der Waals surface area contributed by atoms with Gasteiger partial charge in [0.1, 0.15) is 11.6 Å². The number of pyridine rings is 2. The van der Waals surface area contributed by atoms with Crippen LogP contribution in [0, 0.1) is 11.7 Å². The number of hydrogen-bond acceptors (Lipinski definition) is 5. The molecule has 8 heteroatoms. The summed E-state index contributed by atoms with van der Waals surface area (Å²) in [6.45, 7) is 3.11. The first-order chi connectivity index (χ1) is 18.0. The van der Waals surface area contributed by atoms with E-state index in [9.17, 15) is 9.18 Å². The molecule has 2 saturated heterocycles. The standard InChI is InChI=1S/C29H33ClFN5O/c1-35-12-4-8-27(35)29(37)36-13-10-20(11-14-36)16-23-17-24(25(30)19-32-23)26-7-3-9-28(34-26)33-18-21-5-2-6-22(31)15-21/h2-3,5-7,9,15,17,19-20,27H,4,8,10-14,16,18H2,1H3,(H,33,34)/t27-/m0/s1. The van der Waals surface area contributed by atoms with Gasteiger partial charge in [0.05, 0.1) is 16.8 Å². The first-order valence-electron chi connectivity index (χ1n) is 13.1. The minimum atomic E-state index is -0.254. The van der Waals surface area contributed by atoms with Crippen LogP contribution in [-0.4, -0.2) is 58.4 Å². The predicted molar refractivity (Wildman–Crippen MR) is 145 cm³/mol. The first kappa shape index (κ1) is 25.6. The van der Waals surface area contributed by atoms with Gasteiger partial charge >= 0.3 is 0 Å². The third-order valence-electron chi connectivity index (χ3n) is 7.53. The molecular formula is C29H33ClFN5O. The van der Waals surface area contributed by atoms with Gasteiger partial charge in [0, 0.05) is 37.1 Å². The van der Waals surface area contributed by atoms with Crippen LogP contribution < -0.4 is 5.32 Å². The van der Waals surface area contributed by atoms with Crippen molar-refractivity contribution < 1.29 is 9.18 Å². The highest BCUT2D eigenvalue weighted by atomic mass is 35.5. The van der Waals surface area contributed by atoms with Crippen molar-refractivity contribution in [1.82, 2.24) is 19.8 Å². The molecule has 4 heterocycles. The number of carbonyl (C=O) groups excluding carboxylic acids is 1. The van der Waals surface area contributed by atoms with Crippen LogP contribution in [0.25, 0.3) is 11.3 Å². The Morgan fingerprint density at radius 3 is 2.68 bits per heavy atom. The maximum atomic E-state index is 13.5. The van der Waals surface area contributed by atoms with Gasteiger partial charge in [-0.2, -0.15) is 0 Å². The zero-order valence-electron chi connectivity index (χ0n) is 21.2. The Labute approximate surface area is 222 Å². The highest BCUT2D eigenvalue weighted by molar-refractivity contribution is 6.33. The molecule has 1 aromatic carbocycles. The number of likely N-dealkylation sites (tertiary alicyclic amines) is 2. The van der Waals surface area contributed by atoms with Crippen LogP contribution in [0.4, 0.5) is 10.2 Å². The maximum absolute atomic E-state index is 13.5. The van der Waals surface area contributed by atoms with Crippen LogP contribution in [0.15, 0.2) is 54.7 Å². The summed E-state index contributed by atoms with van der Waals surface area (Å²) in [7, 11) is 2.05. The van der Waals surface area contributed by atoms with Gasteiger partial charge in [-0.25, -0.2) is 9.37 Å². The van der Waals surface area contributed by atoms with Crippen LogP contribution in [0.3, 0.4) is 0 Å². The predicted octanol–water partition coefficient (Wildman–Crippen LogP) is 5.42. The summed E-state index contributed by atoms with van der Waals surface area (Å²) in [4.78, 5) is 26.5. The molecule has 3 aromatic rings. The van der Waals surface area contributed by atoms with Crippen molar-refractivity contribution in [2.75, 3.05) is 32.0 Å². The molecule has 0 unspecified atom stereocenters. The van der Waals surface area contributed by atoms with Crippen molar-refractivity contribution >= 4 is 23.3 Å². The first-order valence-corrected chi connectivity index (χ1v) is 13.4. The van der Waals surface area contributed by atoms with Gasteiger partial charge < -0.3 is 10.2 Å². The lowest BCUT2D eigenvalue weighted by molar-refractivity contribution is -0.137. The Morgan fingerprint density at radius 2 is 1.92 bits per heavy atom. The minimum absolute atomic E-state index is 0.0589. The molecule has 2 aliphatic heterocycles. The smallest absolute Gasteiger partial charge is 0.239 e. The highest BCUT2D eigenvalue weighted by Crippen LogP contribution is 2.30. The lowest BCUT2D eigenvalue weighted by Gasteiger charge is -2.34. The normalized spacial score (nSPS) is 18.8. The summed E-state index contributed by atoms with van der Waals surface area (Å²) < 4.78 is 13.5. The summed E-state index contributed by atoms with van der Waals surface area (Å²) in [5.74, 6) is 1.22. The van der Waals surface area contributed by atoms with E-state index in [0.717, 1.165) is 74.3 Å². The van der Waals surface area contributed by atoms with E-state index in [-0.39, 0.29) is 11.9 Å². The summed E-state index contributed by atoms with van der Waals surface area (Å²) in [5.41, 5.74) is 3.44. The number of rotatable bonds is 7. The third-order valence-corrected chi connectivity index (χ3v) is 7.83. The van der Waals surface area contributed by atoms with Crippen molar-refractivity contribution in [2.24, 2.45) is 5.92 Å². The van der Waals surface area contributed by atoms with Gasteiger partial charge in [-0.3, -0.25) is 14.7 Å². The molecule has 194 valence electrons. The van der Waals surface area contributed by atoms with Gasteiger partial charge in [-0.15, -0.1) is 0 Å². The van der Waals surface area contributed by atoms with E-state index in [0.29, 0.717) is 29.2 Å². The van der Waals surface area contributed by atoms with Crippen molar-refractivity contribution in [3.63, 3.8) is 0 Å². The molecule has 0 spiro atoms. The summed E-state index contributed by atoms with van der Waals surface area (Å²) in [6.07, 6.45) is 6.61. The average molecular weight is 522 g/mol. The Kier molecular flexibility index (Phi) is 8.01. The van der Waals surface area contributed by atoms with Crippen LogP contribution in [0.5, 0.6) is 0 Å². The summed E-state index contributed by atoms with van der Waals surface area (Å²) >= 11 is 6.53. The van der Waals surface area contributed by atoms with E-state index < -0.39 is 0 Å². The van der Waals surface area contributed by atoms with Gasteiger partial charge in [0.25, 0.3) is 0 Å². The average Bonchev–Trinajstić information content (AvgIpc) is 3.34. The zero-order valence-corrected chi connectivity index (χ0v) is 21.9. The van der Waals surface area contributed by atoms with Crippen molar-refractivity contribution in [1.29, 1.82) is 0 Å². The Bertz CT molecular complexity index is 1250. The van der Waals surface area contributed by atoms with E-state index in [1.54, 1.807) is 12.3 Å². The van der Waals surface area contributed by atoms with E-state index in [2.05, 4.69) is 27.1 Å². The SMILES string of the molecule is CN1CCC[C@H]1C(=O)N1CCC(Cc2cc(-c3cccc(NCc4cccc(F)c4)n3)c(Cl)cn2)CC1. The van der Waals surface area contributed by atoms with E-state index >= 15 is 0 Å². The quantitative estimate of drug-likeness (QED) is 0.449. The second-order valence-electron chi connectivity index (χ2n) is 10.2. The highest BCUT2D eigenvalue weighted by Gasteiger charge is 2.33. The monoisotopic (exact) mass is 521 g/mol. The summed E-state index contributed by atoms with van der Waals surface area (Å²) in [6, 6.07) is 14.4. The Balaban J connectivity index is 1.21. The van der Waals surface area contributed by atoms with Crippen molar-refractivity contribution in [2.45, 2.75) is 44.7 Å². The lowest BCUT2D eigenvalue weighted by atomic mass is 9.91. The molecule has 0 radical (unpaired) electrons. The van der Waals surface area contributed by atoms with Crippen molar-refractivity contribution in [3.05, 3.63) is 76.8 Å². The van der Waals surface area contributed by atoms with Crippen LogP contribution in [0.2, 0.25) is 5.02 Å². The van der Waals surface area contributed by atoms with Crippen LogP contribution in [-0.2, 0) is 17.8 Å². The zero-order chi connectivity index (χ0) is 25.8. The molecule has 2 aromatic heterocycles.